The van der Waals surface area contributed by atoms with Crippen LogP contribution in [0.2, 0.25) is 18.1 Å². The van der Waals surface area contributed by atoms with Crippen molar-refractivity contribution in [2.75, 3.05) is 20.3 Å². The molecule has 2 N–H and O–H groups in total. The zero-order valence-electron chi connectivity index (χ0n) is 20.4. The van der Waals surface area contributed by atoms with Crippen molar-refractivity contribution in [1.82, 2.24) is 0 Å². The lowest BCUT2D eigenvalue weighted by molar-refractivity contribution is -0.0548. The summed E-state index contributed by atoms with van der Waals surface area (Å²) in [4.78, 5) is 0. The molecule has 5 atom stereocenters. The maximum absolute atomic E-state index is 10.8. The van der Waals surface area contributed by atoms with Crippen molar-refractivity contribution in [2.45, 2.75) is 78.5 Å². The predicted octanol–water partition coefficient (Wildman–Crippen LogP) is 4.86. The van der Waals surface area contributed by atoms with E-state index in [4.69, 9.17) is 13.9 Å². The highest BCUT2D eigenvalue weighted by atomic mass is 28.4. The standard InChI is InChI=1S/C24H44O5Si/c1-17(14-28-16-20-10-12-21(27-7)13-11-20)22(25)19(3)23(26)18(2)15-29-30(8,9)24(4,5)6/h10-13,17-19,22-23,25-26H,14-16H2,1-9H3/t17-,18-,19+,22+,23+/m0/s1. The number of aliphatic hydroxyl groups is 2. The Balaban J connectivity index is 2.48. The second-order valence-corrected chi connectivity index (χ2v) is 15.0. The maximum atomic E-state index is 10.8. The molecule has 1 aromatic rings. The van der Waals surface area contributed by atoms with Gasteiger partial charge >= 0.3 is 0 Å². The minimum absolute atomic E-state index is 0.0452. The Bertz CT molecular complexity index is 611. The fourth-order valence-electron chi connectivity index (χ4n) is 3.08. The first kappa shape index (κ1) is 27.1. The van der Waals surface area contributed by atoms with E-state index in [0.29, 0.717) is 19.8 Å². The maximum Gasteiger partial charge on any atom is 0.191 e. The Kier molecular flexibility index (Phi) is 10.5. The summed E-state index contributed by atoms with van der Waals surface area (Å²) < 4.78 is 17.2. The van der Waals surface area contributed by atoms with Crippen molar-refractivity contribution >= 4 is 8.32 Å². The molecule has 0 fully saturated rings. The molecule has 0 bridgehead atoms. The van der Waals surface area contributed by atoms with Gasteiger partial charge in [-0.15, -0.1) is 0 Å². The van der Waals surface area contributed by atoms with Crippen LogP contribution in [0.3, 0.4) is 0 Å². The Morgan fingerprint density at radius 3 is 1.87 bits per heavy atom. The lowest BCUT2D eigenvalue weighted by atomic mass is 9.85. The molecule has 0 radical (unpaired) electrons. The van der Waals surface area contributed by atoms with E-state index in [0.717, 1.165) is 11.3 Å². The summed E-state index contributed by atoms with van der Waals surface area (Å²) in [5.41, 5.74) is 1.06. The van der Waals surface area contributed by atoms with E-state index in [2.05, 4.69) is 33.9 Å². The number of aliphatic hydroxyl groups excluding tert-OH is 2. The first-order valence-electron chi connectivity index (χ1n) is 11.0. The third-order valence-corrected chi connectivity index (χ3v) is 11.1. The monoisotopic (exact) mass is 440 g/mol. The zero-order valence-corrected chi connectivity index (χ0v) is 21.4. The van der Waals surface area contributed by atoms with Gasteiger partial charge in [0.25, 0.3) is 0 Å². The van der Waals surface area contributed by atoms with Gasteiger partial charge in [-0.25, -0.2) is 0 Å². The molecule has 0 aliphatic rings. The first-order chi connectivity index (χ1) is 13.8. The topological polar surface area (TPSA) is 68.2 Å². The summed E-state index contributed by atoms with van der Waals surface area (Å²) in [6, 6.07) is 7.75. The van der Waals surface area contributed by atoms with E-state index in [9.17, 15) is 10.2 Å². The zero-order chi connectivity index (χ0) is 23.1. The largest absolute Gasteiger partial charge is 0.497 e. The second kappa shape index (κ2) is 11.6. The highest BCUT2D eigenvalue weighted by Crippen LogP contribution is 2.37. The third-order valence-electron chi connectivity index (χ3n) is 6.57. The highest BCUT2D eigenvalue weighted by Gasteiger charge is 2.38. The number of rotatable bonds is 12. The molecule has 0 aromatic heterocycles. The van der Waals surface area contributed by atoms with E-state index >= 15 is 0 Å². The van der Waals surface area contributed by atoms with Crippen LogP contribution in [0.1, 0.15) is 47.1 Å². The molecule has 0 spiro atoms. The van der Waals surface area contributed by atoms with Crippen molar-refractivity contribution < 1.29 is 24.1 Å². The first-order valence-corrected chi connectivity index (χ1v) is 13.9. The van der Waals surface area contributed by atoms with E-state index in [1.807, 2.05) is 45.0 Å². The van der Waals surface area contributed by atoms with Crippen LogP contribution in [0.4, 0.5) is 0 Å². The summed E-state index contributed by atoms with van der Waals surface area (Å²) in [5, 5.41) is 21.7. The van der Waals surface area contributed by atoms with Gasteiger partial charge in [0.05, 0.1) is 32.5 Å². The van der Waals surface area contributed by atoms with Crippen molar-refractivity contribution in [1.29, 1.82) is 0 Å². The minimum Gasteiger partial charge on any atom is -0.497 e. The van der Waals surface area contributed by atoms with Gasteiger partial charge in [0.2, 0.25) is 0 Å². The fraction of sp³-hybridized carbons (Fsp3) is 0.750. The molecule has 0 saturated carbocycles. The number of methoxy groups -OCH3 is 1. The number of hydrogen-bond donors (Lipinski definition) is 2. The van der Waals surface area contributed by atoms with Gasteiger partial charge in [-0.2, -0.15) is 0 Å². The average Bonchev–Trinajstić information content (AvgIpc) is 2.69. The van der Waals surface area contributed by atoms with Gasteiger partial charge in [0, 0.05) is 24.4 Å². The van der Waals surface area contributed by atoms with Gasteiger partial charge in [0.15, 0.2) is 8.32 Å². The summed E-state index contributed by atoms with van der Waals surface area (Å²) in [5.74, 6) is 0.428. The van der Waals surface area contributed by atoms with Crippen LogP contribution in [-0.2, 0) is 15.8 Å². The smallest absolute Gasteiger partial charge is 0.191 e. The van der Waals surface area contributed by atoms with E-state index in [1.54, 1.807) is 7.11 Å². The van der Waals surface area contributed by atoms with Crippen LogP contribution in [0.5, 0.6) is 5.75 Å². The Hall–Kier alpha value is -0.923. The lowest BCUT2D eigenvalue weighted by Gasteiger charge is -2.38. The molecule has 0 unspecified atom stereocenters. The van der Waals surface area contributed by atoms with Crippen LogP contribution < -0.4 is 4.74 Å². The predicted molar refractivity (Wildman–Crippen MR) is 125 cm³/mol. The van der Waals surface area contributed by atoms with Gasteiger partial charge in [-0.1, -0.05) is 53.7 Å². The van der Waals surface area contributed by atoms with Crippen LogP contribution in [0, 0.1) is 17.8 Å². The second-order valence-electron chi connectivity index (χ2n) is 10.2. The van der Waals surface area contributed by atoms with Crippen molar-refractivity contribution in [2.24, 2.45) is 17.8 Å². The summed E-state index contributed by atoms with van der Waals surface area (Å²) >= 11 is 0. The number of benzene rings is 1. The van der Waals surface area contributed by atoms with Gasteiger partial charge < -0.3 is 24.1 Å². The molecule has 30 heavy (non-hydrogen) atoms. The molecule has 5 nitrogen and oxygen atoms in total. The van der Waals surface area contributed by atoms with Crippen LogP contribution in [-0.4, -0.2) is 51.1 Å². The quantitative estimate of drug-likeness (QED) is 0.454. The van der Waals surface area contributed by atoms with Gasteiger partial charge in [-0.05, 0) is 35.8 Å². The molecular formula is C24H44O5Si. The third kappa shape index (κ3) is 7.97. The van der Waals surface area contributed by atoms with Gasteiger partial charge in [0.1, 0.15) is 5.75 Å². The van der Waals surface area contributed by atoms with Crippen LogP contribution in [0.15, 0.2) is 24.3 Å². The Morgan fingerprint density at radius 1 is 0.900 bits per heavy atom. The molecule has 0 saturated heterocycles. The van der Waals surface area contributed by atoms with Crippen molar-refractivity contribution in [3.8, 4) is 5.75 Å². The SMILES string of the molecule is COc1ccc(COC[C@H](C)[C@@H](O)[C@@H](C)[C@H](O)[C@@H](C)CO[Si](C)(C)C(C)(C)C)cc1. The molecule has 0 aliphatic heterocycles. The lowest BCUT2D eigenvalue weighted by Crippen LogP contribution is -2.44. The van der Waals surface area contributed by atoms with E-state index in [-0.39, 0.29) is 22.8 Å². The highest BCUT2D eigenvalue weighted by molar-refractivity contribution is 6.74. The molecule has 0 aliphatic carbocycles. The molecule has 6 heteroatoms. The Labute approximate surface area is 184 Å². The number of hydrogen-bond acceptors (Lipinski definition) is 5. The summed E-state index contributed by atoms with van der Waals surface area (Å²) in [7, 11) is -0.211. The van der Waals surface area contributed by atoms with Crippen molar-refractivity contribution in [3.63, 3.8) is 0 Å². The fourth-order valence-corrected chi connectivity index (χ4v) is 4.19. The normalized spacial score (nSPS) is 17.8. The van der Waals surface area contributed by atoms with Crippen LogP contribution >= 0.6 is 0 Å². The summed E-state index contributed by atoms with van der Waals surface area (Å²) in [6.07, 6.45) is -1.28. The van der Waals surface area contributed by atoms with E-state index < -0.39 is 20.5 Å². The molecular weight excluding hydrogens is 396 g/mol. The van der Waals surface area contributed by atoms with E-state index in [1.165, 1.54) is 0 Å². The Morgan fingerprint density at radius 2 is 1.40 bits per heavy atom. The average molecular weight is 441 g/mol. The van der Waals surface area contributed by atoms with Crippen molar-refractivity contribution in [3.05, 3.63) is 29.8 Å². The summed E-state index contributed by atoms with van der Waals surface area (Å²) in [6.45, 7) is 18.3. The number of ether oxygens (including phenoxy) is 2. The molecule has 174 valence electrons. The molecule has 1 aromatic carbocycles. The minimum atomic E-state index is -1.85. The molecule has 1 rings (SSSR count). The molecule has 0 amide bonds. The van der Waals surface area contributed by atoms with Crippen LogP contribution in [0.25, 0.3) is 0 Å². The molecule has 0 heterocycles. The van der Waals surface area contributed by atoms with Gasteiger partial charge in [-0.3, -0.25) is 0 Å².